The average Bonchev–Trinajstić information content (AvgIpc) is 2.51. The normalized spacial score (nSPS) is 19.2. The zero-order valence-electron chi connectivity index (χ0n) is 7.99. The van der Waals surface area contributed by atoms with Gasteiger partial charge >= 0.3 is 5.97 Å². The number of hydrogen-bond donors (Lipinski definition) is 1. The van der Waals surface area contributed by atoms with Crippen LogP contribution in [0.1, 0.15) is 32.6 Å². The molecule has 2 N–H and O–H groups in total. The zero-order valence-corrected chi connectivity index (χ0v) is 8.81. The number of hydrogen-bond acceptors (Lipinski definition) is 3. The summed E-state index contributed by atoms with van der Waals surface area (Å²) in [5.41, 5.74) is 5.35. The number of nitrogens with two attached hydrogens (primary N) is 1. The van der Waals surface area contributed by atoms with Crippen LogP contribution in [0.3, 0.4) is 0 Å². The van der Waals surface area contributed by atoms with Crippen LogP contribution in [-0.2, 0) is 9.53 Å². The van der Waals surface area contributed by atoms with Crippen LogP contribution < -0.4 is 5.73 Å². The summed E-state index contributed by atoms with van der Waals surface area (Å²) in [5, 5.41) is 0. The molecule has 1 rings (SSSR count). The van der Waals surface area contributed by atoms with E-state index in [0.717, 1.165) is 0 Å². The van der Waals surface area contributed by atoms with Gasteiger partial charge in [-0.3, -0.25) is 4.79 Å². The van der Waals surface area contributed by atoms with Gasteiger partial charge in [0.1, 0.15) is 6.04 Å². The third kappa shape index (κ3) is 4.48. The van der Waals surface area contributed by atoms with E-state index in [2.05, 4.69) is 0 Å². The first-order valence-electron chi connectivity index (χ1n) is 4.62. The van der Waals surface area contributed by atoms with Crippen molar-refractivity contribution in [2.45, 2.75) is 38.6 Å². The molecule has 0 bridgehead atoms. The predicted octanol–water partition coefficient (Wildman–Crippen LogP) is 1.49. The first-order valence-corrected chi connectivity index (χ1v) is 4.62. The highest BCUT2D eigenvalue weighted by Crippen LogP contribution is 2.24. The lowest BCUT2D eigenvalue weighted by Gasteiger charge is -2.11. The van der Waals surface area contributed by atoms with Crippen LogP contribution in [0, 0.1) is 5.92 Å². The number of esters is 1. The van der Waals surface area contributed by atoms with Gasteiger partial charge in [0, 0.05) is 0 Å². The second-order valence-electron chi connectivity index (χ2n) is 3.57. The van der Waals surface area contributed by atoms with Gasteiger partial charge in [-0.15, -0.1) is 12.4 Å². The number of ether oxygens (including phenoxy) is 1. The average molecular weight is 208 g/mol. The molecule has 3 nitrogen and oxygen atoms in total. The molecule has 0 spiro atoms. The van der Waals surface area contributed by atoms with Crippen molar-refractivity contribution in [1.29, 1.82) is 0 Å². The molecule has 1 fully saturated rings. The van der Waals surface area contributed by atoms with Gasteiger partial charge in [0.25, 0.3) is 0 Å². The SMILES string of the molecule is C[C@H](N)C(=O)OCC1CCCC1.Cl. The summed E-state index contributed by atoms with van der Waals surface area (Å²) in [6.07, 6.45) is 4.96. The number of rotatable bonds is 3. The van der Waals surface area contributed by atoms with Crippen LogP contribution in [0.2, 0.25) is 0 Å². The molecule has 0 unspecified atom stereocenters. The van der Waals surface area contributed by atoms with Crippen LogP contribution >= 0.6 is 12.4 Å². The van der Waals surface area contributed by atoms with Gasteiger partial charge in [0.15, 0.2) is 0 Å². The molecule has 78 valence electrons. The molecule has 4 heteroatoms. The van der Waals surface area contributed by atoms with E-state index in [1.165, 1.54) is 25.7 Å². The monoisotopic (exact) mass is 207 g/mol. The van der Waals surface area contributed by atoms with Crippen molar-refractivity contribution in [1.82, 2.24) is 0 Å². The number of carbonyl (C=O) groups excluding carboxylic acids is 1. The highest BCUT2D eigenvalue weighted by atomic mass is 35.5. The largest absolute Gasteiger partial charge is 0.464 e. The van der Waals surface area contributed by atoms with Crippen molar-refractivity contribution >= 4 is 18.4 Å². The minimum atomic E-state index is -0.480. The van der Waals surface area contributed by atoms with Crippen molar-refractivity contribution in [3.8, 4) is 0 Å². The highest BCUT2D eigenvalue weighted by molar-refractivity contribution is 5.85. The Labute approximate surface area is 85.4 Å². The van der Waals surface area contributed by atoms with Crippen molar-refractivity contribution in [3.63, 3.8) is 0 Å². The molecule has 0 amide bonds. The topological polar surface area (TPSA) is 52.3 Å². The van der Waals surface area contributed by atoms with Gasteiger partial charge in [0.05, 0.1) is 6.61 Å². The first-order chi connectivity index (χ1) is 5.70. The molecule has 1 saturated carbocycles. The summed E-state index contributed by atoms with van der Waals surface area (Å²) in [6, 6.07) is -0.480. The molecule has 0 heterocycles. The van der Waals surface area contributed by atoms with Crippen molar-refractivity contribution in [3.05, 3.63) is 0 Å². The first kappa shape index (κ1) is 12.7. The second kappa shape index (κ2) is 6.22. The molecule has 1 aliphatic carbocycles. The Balaban J connectivity index is 0.00000144. The molecule has 0 aliphatic heterocycles. The minimum Gasteiger partial charge on any atom is -0.464 e. The lowest BCUT2D eigenvalue weighted by Crippen LogP contribution is -2.29. The maximum atomic E-state index is 11.0. The van der Waals surface area contributed by atoms with Gasteiger partial charge in [0.2, 0.25) is 0 Å². The van der Waals surface area contributed by atoms with E-state index in [4.69, 9.17) is 10.5 Å². The Morgan fingerprint density at radius 2 is 2.08 bits per heavy atom. The van der Waals surface area contributed by atoms with E-state index < -0.39 is 6.04 Å². The Morgan fingerprint density at radius 3 is 2.54 bits per heavy atom. The summed E-state index contributed by atoms with van der Waals surface area (Å²) in [6.45, 7) is 2.22. The Bertz CT molecular complexity index is 156. The fourth-order valence-electron chi connectivity index (χ4n) is 1.51. The van der Waals surface area contributed by atoms with Crippen LogP contribution in [-0.4, -0.2) is 18.6 Å². The number of halogens is 1. The quantitative estimate of drug-likeness (QED) is 0.714. The van der Waals surface area contributed by atoms with Crippen LogP contribution in [0.5, 0.6) is 0 Å². The molecule has 1 aliphatic rings. The molecule has 0 aromatic carbocycles. The van der Waals surface area contributed by atoms with Gasteiger partial charge in [-0.25, -0.2) is 0 Å². The van der Waals surface area contributed by atoms with Crippen LogP contribution in [0.15, 0.2) is 0 Å². The molecule has 13 heavy (non-hydrogen) atoms. The van der Waals surface area contributed by atoms with Crippen molar-refractivity contribution < 1.29 is 9.53 Å². The van der Waals surface area contributed by atoms with E-state index >= 15 is 0 Å². The molecular weight excluding hydrogens is 190 g/mol. The van der Waals surface area contributed by atoms with E-state index in [-0.39, 0.29) is 18.4 Å². The van der Waals surface area contributed by atoms with E-state index in [0.29, 0.717) is 12.5 Å². The predicted molar refractivity (Wildman–Crippen MR) is 53.8 cm³/mol. The highest BCUT2D eigenvalue weighted by Gasteiger charge is 2.17. The van der Waals surface area contributed by atoms with Gasteiger partial charge in [-0.05, 0) is 25.7 Å². The van der Waals surface area contributed by atoms with Gasteiger partial charge in [-0.2, -0.15) is 0 Å². The van der Waals surface area contributed by atoms with E-state index in [1.54, 1.807) is 6.92 Å². The summed E-state index contributed by atoms with van der Waals surface area (Å²) in [5.74, 6) is 0.314. The summed E-state index contributed by atoms with van der Waals surface area (Å²) in [7, 11) is 0. The molecule has 0 radical (unpaired) electrons. The van der Waals surface area contributed by atoms with Gasteiger partial charge in [-0.1, -0.05) is 12.8 Å². The molecular formula is C9H18ClNO2. The maximum absolute atomic E-state index is 11.0. The fraction of sp³-hybridized carbons (Fsp3) is 0.889. The molecule has 0 saturated heterocycles. The fourth-order valence-corrected chi connectivity index (χ4v) is 1.51. The lowest BCUT2D eigenvalue weighted by atomic mass is 10.1. The van der Waals surface area contributed by atoms with E-state index in [1.807, 2.05) is 0 Å². The number of carbonyl (C=O) groups is 1. The maximum Gasteiger partial charge on any atom is 0.322 e. The molecule has 1 atom stereocenters. The van der Waals surface area contributed by atoms with Crippen LogP contribution in [0.4, 0.5) is 0 Å². The zero-order chi connectivity index (χ0) is 8.97. The second-order valence-corrected chi connectivity index (χ2v) is 3.57. The Kier molecular flexibility index (Phi) is 6.08. The summed E-state index contributed by atoms with van der Waals surface area (Å²) < 4.78 is 5.02. The summed E-state index contributed by atoms with van der Waals surface area (Å²) >= 11 is 0. The molecule has 0 aromatic heterocycles. The third-order valence-electron chi connectivity index (χ3n) is 2.31. The smallest absolute Gasteiger partial charge is 0.322 e. The van der Waals surface area contributed by atoms with Crippen LogP contribution in [0.25, 0.3) is 0 Å². The minimum absolute atomic E-state index is 0. The standard InChI is InChI=1S/C9H17NO2.ClH/c1-7(10)9(11)12-6-8-4-2-3-5-8;/h7-8H,2-6,10H2,1H3;1H/t7-;/m0./s1. The Hall–Kier alpha value is -0.280. The van der Waals surface area contributed by atoms with Crippen molar-refractivity contribution in [2.75, 3.05) is 6.61 Å². The van der Waals surface area contributed by atoms with Crippen molar-refractivity contribution in [2.24, 2.45) is 11.7 Å². The lowest BCUT2D eigenvalue weighted by molar-refractivity contribution is -0.146. The Morgan fingerprint density at radius 1 is 1.54 bits per heavy atom. The van der Waals surface area contributed by atoms with E-state index in [9.17, 15) is 4.79 Å². The van der Waals surface area contributed by atoms with Gasteiger partial charge < -0.3 is 10.5 Å². The third-order valence-corrected chi connectivity index (χ3v) is 2.31. The molecule has 0 aromatic rings. The summed E-state index contributed by atoms with van der Waals surface area (Å²) in [4.78, 5) is 11.0.